The van der Waals surface area contributed by atoms with Crippen molar-refractivity contribution >= 4 is 10.9 Å². The van der Waals surface area contributed by atoms with Gasteiger partial charge in [-0.2, -0.15) is 0 Å². The standard InChI is InChI=1S/C19H20N2/c1-13-8-9-16-12-15(10-11-19(16)21-13)18-7-5-4-6-17(18)14(2)20-3/h4-12,14,20H,1-3H3. The Hall–Kier alpha value is -2.19. The van der Waals surface area contributed by atoms with E-state index in [0.717, 1.165) is 11.2 Å². The molecule has 1 unspecified atom stereocenters. The molecule has 0 fully saturated rings. The van der Waals surface area contributed by atoms with E-state index in [9.17, 15) is 0 Å². The molecule has 1 atom stereocenters. The third-order valence-electron chi connectivity index (χ3n) is 4.00. The van der Waals surface area contributed by atoms with Gasteiger partial charge >= 0.3 is 0 Å². The van der Waals surface area contributed by atoms with Crippen molar-refractivity contribution in [2.75, 3.05) is 7.05 Å². The maximum atomic E-state index is 4.57. The number of nitrogens with one attached hydrogen (secondary N) is 1. The van der Waals surface area contributed by atoms with E-state index in [-0.39, 0.29) is 0 Å². The lowest BCUT2D eigenvalue weighted by Gasteiger charge is -2.16. The zero-order valence-corrected chi connectivity index (χ0v) is 12.7. The molecule has 0 amide bonds. The van der Waals surface area contributed by atoms with Crippen molar-refractivity contribution in [1.82, 2.24) is 10.3 Å². The lowest BCUT2D eigenvalue weighted by atomic mass is 9.94. The summed E-state index contributed by atoms with van der Waals surface area (Å²) < 4.78 is 0. The zero-order chi connectivity index (χ0) is 14.8. The number of rotatable bonds is 3. The van der Waals surface area contributed by atoms with Crippen LogP contribution in [0.15, 0.2) is 54.6 Å². The molecule has 3 aromatic rings. The molecule has 0 spiro atoms. The van der Waals surface area contributed by atoms with Gasteiger partial charge in [-0.15, -0.1) is 0 Å². The van der Waals surface area contributed by atoms with E-state index >= 15 is 0 Å². The second-order valence-electron chi connectivity index (χ2n) is 5.46. The second-order valence-corrected chi connectivity index (χ2v) is 5.46. The molecule has 0 radical (unpaired) electrons. The molecule has 0 saturated heterocycles. The van der Waals surface area contributed by atoms with Crippen molar-refractivity contribution in [2.24, 2.45) is 0 Å². The molecule has 21 heavy (non-hydrogen) atoms. The fourth-order valence-electron chi connectivity index (χ4n) is 2.69. The van der Waals surface area contributed by atoms with Crippen molar-refractivity contribution in [3.8, 4) is 11.1 Å². The summed E-state index contributed by atoms with van der Waals surface area (Å²) in [5.74, 6) is 0. The average molecular weight is 276 g/mol. The number of hydrogen-bond donors (Lipinski definition) is 1. The Morgan fingerprint density at radius 1 is 1.00 bits per heavy atom. The van der Waals surface area contributed by atoms with Crippen LogP contribution in [-0.2, 0) is 0 Å². The maximum Gasteiger partial charge on any atom is 0.0705 e. The molecule has 2 aromatic carbocycles. The highest BCUT2D eigenvalue weighted by Crippen LogP contribution is 2.30. The number of aryl methyl sites for hydroxylation is 1. The van der Waals surface area contributed by atoms with Crippen LogP contribution in [0.5, 0.6) is 0 Å². The highest BCUT2D eigenvalue weighted by Gasteiger charge is 2.10. The molecule has 0 aliphatic carbocycles. The summed E-state index contributed by atoms with van der Waals surface area (Å²) in [5, 5.41) is 4.51. The highest BCUT2D eigenvalue weighted by molar-refractivity contribution is 5.85. The Morgan fingerprint density at radius 2 is 1.81 bits per heavy atom. The SMILES string of the molecule is CNC(C)c1ccccc1-c1ccc2nc(C)ccc2c1. The van der Waals surface area contributed by atoms with Gasteiger partial charge in [0.05, 0.1) is 5.52 Å². The van der Waals surface area contributed by atoms with E-state index in [1.165, 1.54) is 22.1 Å². The number of fused-ring (bicyclic) bond motifs is 1. The summed E-state index contributed by atoms with van der Waals surface area (Å²) in [6.07, 6.45) is 0. The minimum atomic E-state index is 0.327. The molecular weight excluding hydrogens is 256 g/mol. The minimum Gasteiger partial charge on any atom is -0.313 e. The summed E-state index contributed by atoms with van der Waals surface area (Å²) in [6.45, 7) is 4.21. The zero-order valence-electron chi connectivity index (χ0n) is 12.7. The molecular formula is C19H20N2. The molecule has 0 aliphatic rings. The van der Waals surface area contributed by atoms with Crippen LogP contribution in [0.3, 0.4) is 0 Å². The molecule has 1 heterocycles. The van der Waals surface area contributed by atoms with Gasteiger partial charge in [0.25, 0.3) is 0 Å². The van der Waals surface area contributed by atoms with Gasteiger partial charge < -0.3 is 5.32 Å². The molecule has 3 rings (SSSR count). The van der Waals surface area contributed by atoms with E-state index in [1.54, 1.807) is 0 Å². The van der Waals surface area contributed by atoms with E-state index < -0.39 is 0 Å². The summed E-state index contributed by atoms with van der Waals surface area (Å²) >= 11 is 0. The van der Waals surface area contributed by atoms with E-state index in [1.807, 2.05) is 14.0 Å². The lowest BCUT2D eigenvalue weighted by Crippen LogP contribution is -2.13. The van der Waals surface area contributed by atoms with Crippen molar-refractivity contribution < 1.29 is 0 Å². The van der Waals surface area contributed by atoms with E-state index in [0.29, 0.717) is 6.04 Å². The number of pyridine rings is 1. The Morgan fingerprint density at radius 3 is 2.62 bits per heavy atom. The summed E-state index contributed by atoms with van der Waals surface area (Å²) in [4.78, 5) is 4.57. The summed E-state index contributed by atoms with van der Waals surface area (Å²) in [6, 6.07) is 19.6. The molecule has 0 aliphatic heterocycles. The topological polar surface area (TPSA) is 24.9 Å². The molecule has 106 valence electrons. The number of benzene rings is 2. The Kier molecular flexibility index (Phi) is 3.72. The molecule has 2 heteroatoms. The van der Waals surface area contributed by atoms with E-state index in [2.05, 4.69) is 71.8 Å². The first-order valence-corrected chi connectivity index (χ1v) is 7.33. The molecule has 1 aromatic heterocycles. The summed E-state index contributed by atoms with van der Waals surface area (Å²) in [7, 11) is 1.99. The van der Waals surface area contributed by atoms with Crippen LogP contribution < -0.4 is 5.32 Å². The average Bonchev–Trinajstić information content (AvgIpc) is 2.53. The van der Waals surface area contributed by atoms with Crippen molar-refractivity contribution in [1.29, 1.82) is 0 Å². The van der Waals surface area contributed by atoms with Crippen LogP contribution in [0.25, 0.3) is 22.0 Å². The van der Waals surface area contributed by atoms with Crippen LogP contribution in [0.1, 0.15) is 24.2 Å². The van der Waals surface area contributed by atoms with E-state index in [4.69, 9.17) is 0 Å². The quantitative estimate of drug-likeness (QED) is 0.762. The first-order valence-electron chi connectivity index (χ1n) is 7.33. The fourth-order valence-corrected chi connectivity index (χ4v) is 2.69. The minimum absolute atomic E-state index is 0.327. The normalized spacial score (nSPS) is 12.5. The first-order chi connectivity index (χ1) is 10.2. The Balaban J connectivity index is 2.14. The van der Waals surface area contributed by atoms with Crippen molar-refractivity contribution in [3.63, 3.8) is 0 Å². The van der Waals surface area contributed by atoms with Crippen LogP contribution in [0, 0.1) is 6.92 Å². The van der Waals surface area contributed by atoms with Gasteiger partial charge in [-0.3, -0.25) is 4.98 Å². The van der Waals surface area contributed by atoms with Gasteiger partial charge in [-0.05, 0) is 55.8 Å². The highest BCUT2D eigenvalue weighted by atomic mass is 14.9. The fraction of sp³-hybridized carbons (Fsp3) is 0.211. The van der Waals surface area contributed by atoms with Gasteiger partial charge in [-0.1, -0.05) is 36.4 Å². The second kappa shape index (κ2) is 5.66. The van der Waals surface area contributed by atoms with Crippen LogP contribution in [-0.4, -0.2) is 12.0 Å². The van der Waals surface area contributed by atoms with Crippen molar-refractivity contribution in [3.05, 3.63) is 65.9 Å². The number of hydrogen-bond acceptors (Lipinski definition) is 2. The van der Waals surface area contributed by atoms with Crippen molar-refractivity contribution in [2.45, 2.75) is 19.9 Å². The maximum absolute atomic E-state index is 4.57. The summed E-state index contributed by atoms with van der Waals surface area (Å²) in [5.41, 5.74) is 5.95. The first kappa shape index (κ1) is 13.8. The largest absolute Gasteiger partial charge is 0.313 e. The van der Waals surface area contributed by atoms with Crippen LogP contribution in [0.2, 0.25) is 0 Å². The van der Waals surface area contributed by atoms with Gasteiger partial charge in [0, 0.05) is 17.1 Å². The van der Waals surface area contributed by atoms with Crippen LogP contribution >= 0.6 is 0 Å². The van der Waals surface area contributed by atoms with Gasteiger partial charge in [0.15, 0.2) is 0 Å². The third-order valence-corrected chi connectivity index (χ3v) is 4.00. The predicted octanol–water partition coefficient (Wildman–Crippen LogP) is 4.49. The molecule has 2 nitrogen and oxygen atoms in total. The Labute approximate surface area is 125 Å². The monoisotopic (exact) mass is 276 g/mol. The molecule has 1 N–H and O–H groups in total. The smallest absolute Gasteiger partial charge is 0.0705 e. The number of nitrogens with zero attached hydrogens (tertiary/aromatic N) is 1. The molecule has 0 saturated carbocycles. The number of aromatic nitrogens is 1. The Bertz CT molecular complexity index is 777. The van der Waals surface area contributed by atoms with Gasteiger partial charge in [0.2, 0.25) is 0 Å². The van der Waals surface area contributed by atoms with Gasteiger partial charge in [-0.25, -0.2) is 0 Å². The van der Waals surface area contributed by atoms with Crippen LogP contribution in [0.4, 0.5) is 0 Å². The predicted molar refractivity (Wildman–Crippen MR) is 89.4 cm³/mol. The molecule has 0 bridgehead atoms. The van der Waals surface area contributed by atoms with Gasteiger partial charge in [0.1, 0.15) is 0 Å². The third kappa shape index (κ3) is 2.67. The lowest BCUT2D eigenvalue weighted by molar-refractivity contribution is 0.654.